The van der Waals surface area contributed by atoms with Crippen molar-refractivity contribution in [3.05, 3.63) is 60.0 Å². The molecule has 2 aromatic carbocycles. The number of hydrogen-bond acceptors (Lipinski definition) is 6. The van der Waals surface area contributed by atoms with E-state index in [1.807, 2.05) is 0 Å². The summed E-state index contributed by atoms with van der Waals surface area (Å²) >= 11 is 0. The minimum absolute atomic E-state index is 0.0583. The molecule has 0 fully saturated rings. The van der Waals surface area contributed by atoms with Gasteiger partial charge in [-0.3, -0.25) is 4.79 Å². The number of para-hydroxylation sites is 2. The third kappa shape index (κ3) is 3.97. The van der Waals surface area contributed by atoms with Crippen LogP contribution in [0.5, 0.6) is 11.5 Å². The highest BCUT2D eigenvalue weighted by molar-refractivity contribution is 5.79. The number of alkyl halides is 2. The largest absolute Gasteiger partial charge is 0.483 e. The van der Waals surface area contributed by atoms with Crippen LogP contribution in [0.25, 0.3) is 11.4 Å². The first-order valence-electron chi connectivity index (χ1n) is 7.21. The van der Waals surface area contributed by atoms with Gasteiger partial charge in [0.2, 0.25) is 5.82 Å². The maximum Gasteiger partial charge on any atom is 0.387 e. The lowest BCUT2D eigenvalue weighted by Gasteiger charge is -2.07. The number of carbonyl (C=O) groups is 1. The van der Waals surface area contributed by atoms with E-state index in [2.05, 4.69) is 14.9 Å². The Balaban J connectivity index is 1.76. The van der Waals surface area contributed by atoms with Gasteiger partial charge in [0, 0.05) is 0 Å². The monoisotopic (exact) mass is 346 g/mol. The first-order valence-corrected chi connectivity index (χ1v) is 7.21. The number of ether oxygens (including phenoxy) is 2. The van der Waals surface area contributed by atoms with E-state index in [-0.39, 0.29) is 29.6 Å². The number of hydrogen-bond donors (Lipinski definition) is 0. The molecule has 0 atom stereocenters. The van der Waals surface area contributed by atoms with E-state index in [0.29, 0.717) is 17.6 Å². The average molecular weight is 346 g/mol. The van der Waals surface area contributed by atoms with Crippen molar-refractivity contribution in [2.45, 2.75) is 13.2 Å². The highest BCUT2D eigenvalue weighted by Crippen LogP contribution is 2.29. The van der Waals surface area contributed by atoms with Crippen molar-refractivity contribution in [1.29, 1.82) is 0 Å². The van der Waals surface area contributed by atoms with Crippen molar-refractivity contribution < 1.29 is 27.6 Å². The van der Waals surface area contributed by atoms with Crippen LogP contribution in [0.2, 0.25) is 0 Å². The summed E-state index contributed by atoms with van der Waals surface area (Å²) in [5.41, 5.74) is 0.656. The van der Waals surface area contributed by atoms with Crippen LogP contribution in [0.3, 0.4) is 0 Å². The number of aldehydes is 1. The molecule has 1 aromatic heterocycles. The Morgan fingerprint density at radius 2 is 1.80 bits per heavy atom. The molecule has 25 heavy (non-hydrogen) atoms. The second-order valence-corrected chi connectivity index (χ2v) is 4.83. The standard InChI is InChI=1S/C17H12F2N2O4/c18-17(19)24-14-8-4-2-6-12(14)16-20-15(25-21-16)10-23-13-7-3-1-5-11(13)9-22/h1-9,17H,10H2. The second kappa shape index (κ2) is 7.52. The highest BCUT2D eigenvalue weighted by atomic mass is 19.3. The number of carbonyl (C=O) groups excluding carboxylic acids is 1. The Bertz CT molecular complexity index is 867. The topological polar surface area (TPSA) is 74.5 Å². The zero-order valence-corrected chi connectivity index (χ0v) is 12.8. The van der Waals surface area contributed by atoms with Crippen LogP contribution in [0.4, 0.5) is 8.78 Å². The molecule has 0 unspecified atom stereocenters. The van der Waals surface area contributed by atoms with Gasteiger partial charge in [0.15, 0.2) is 12.9 Å². The number of nitrogens with zero attached hydrogens (tertiary/aromatic N) is 2. The SMILES string of the molecule is O=Cc1ccccc1OCc1nc(-c2ccccc2OC(F)F)no1. The van der Waals surface area contributed by atoms with Gasteiger partial charge >= 0.3 is 6.61 Å². The molecule has 3 aromatic rings. The van der Waals surface area contributed by atoms with Crippen molar-refractivity contribution in [2.75, 3.05) is 0 Å². The van der Waals surface area contributed by atoms with Gasteiger partial charge in [-0.05, 0) is 24.3 Å². The molecular formula is C17H12F2N2O4. The van der Waals surface area contributed by atoms with Crippen LogP contribution in [0.1, 0.15) is 16.2 Å². The molecule has 0 aliphatic rings. The van der Waals surface area contributed by atoms with Gasteiger partial charge in [0.1, 0.15) is 11.5 Å². The maximum atomic E-state index is 12.5. The van der Waals surface area contributed by atoms with Crippen LogP contribution in [-0.4, -0.2) is 23.0 Å². The summed E-state index contributed by atoms with van der Waals surface area (Å²) in [5.74, 6) is 0.539. The van der Waals surface area contributed by atoms with E-state index in [9.17, 15) is 13.6 Å². The summed E-state index contributed by atoms with van der Waals surface area (Å²) in [5, 5.41) is 3.75. The average Bonchev–Trinajstić information content (AvgIpc) is 3.09. The van der Waals surface area contributed by atoms with Crippen molar-refractivity contribution >= 4 is 6.29 Å². The van der Waals surface area contributed by atoms with Gasteiger partial charge < -0.3 is 14.0 Å². The predicted molar refractivity (Wildman–Crippen MR) is 82.5 cm³/mol. The first-order chi connectivity index (χ1) is 12.2. The normalized spacial score (nSPS) is 10.7. The molecule has 0 saturated carbocycles. The van der Waals surface area contributed by atoms with Gasteiger partial charge in [-0.15, -0.1) is 0 Å². The molecule has 128 valence electrons. The third-order valence-corrected chi connectivity index (χ3v) is 3.21. The fourth-order valence-electron chi connectivity index (χ4n) is 2.12. The summed E-state index contributed by atoms with van der Waals surface area (Å²) in [6.45, 7) is -3.04. The lowest BCUT2D eigenvalue weighted by molar-refractivity contribution is -0.0494. The fraction of sp³-hybridized carbons (Fsp3) is 0.118. The lowest BCUT2D eigenvalue weighted by atomic mass is 10.2. The molecule has 0 aliphatic heterocycles. The molecular weight excluding hydrogens is 334 g/mol. The van der Waals surface area contributed by atoms with Crippen LogP contribution in [-0.2, 0) is 6.61 Å². The number of benzene rings is 2. The summed E-state index contributed by atoms with van der Waals surface area (Å²) in [7, 11) is 0. The number of rotatable bonds is 7. The van der Waals surface area contributed by atoms with Gasteiger partial charge in [-0.2, -0.15) is 13.8 Å². The second-order valence-electron chi connectivity index (χ2n) is 4.83. The Morgan fingerprint density at radius 1 is 1.08 bits per heavy atom. The van der Waals surface area contributed by atoms with Crippen molar-refractivity contribution in [1.82, 2.24) is 10.1 Å². The minimum Gasteiger partial charge on any atom is -0.483 e. The van der Waals surface area contributed by atoms with Crippen LogP contribution in [0, 0.1) is 0 Å². The summed E-state index contributed by atoms with van der Waals surface area (Å²) in [4.78, 5) is 15.0. The number of aromatic nitrogens is 2. The Labute approximate surface area is 141 Å². The van der Waals surface area contributed by atoms with Crippen molar-refractivity contribution in [2.24, 2.45) is 0 Å². The molecule has 0 N–H and O–H groups in total. The van der Waals surface area contributed by atoms with E-state index < -0.39 is 6.61 Å². The summed E-state index contributed by atoms with van der Waals surface area (Å²) in [6, 6.07) is 12.8. The lowest BCUT2D eigenvalue weighted by Crippen LogP contribution is -2.03. The van der Waals surface area contributed by atoms with E-state index in [4.69, 9.17) is 9.26 Å². The van der Waals surface area contributed by atoms with E-state index in [0.717, 1.165) is 0 Å². The molecule has 0 radical (unpaired) electrons. The predicted octanol–water partition coefficient (Wildman–Crippen LogP) is 3.73. The smallest absolute Gasteiger partial charge is 0.387 e. The zero-order valence-electron chi connectivity index (χ0n) is 12.8. The van der Waals surface area contributed by atoms with Crippen molar-refractivity contribution in [3.8, 4) is 22.9 Å². The van der Waals surface area contributed by atoms with E-state index in [1.54, 1.807) is 36.4 Å². The van der Waals surface area contributed by atoms with E-state index in [1.165, 1.54) is 12.1 Å². The van der Waals surface area contributed by atoms with Gasteiger partial charge in [-0.25, -0.2) is 0 Å². The number of halogens is 2. The van der Waals surface area contributed by atoms with E-state index >= 15 is 0 Å². The van der Waals surface area contributed by atoms with Gasteiger partial charge in [0.05, 0.1) is 11.1 Å². The summed E-state index contributed by atoms with van der Waals surface area (Å²) in [6.07, 6.45) is 0.673. The third-order valence-electron chi connectivity index (χ3n) is 3.21. The van der Waals surface area contributed by atoms with Crippen molar-refractivity contribution in [3.63, 3.8) is 0 Å². The molecule has 1 heterocycles. The van der Waals surface area contributed by atoms with Gasteiger partial charge in [0.25, 0.3) is 5.89 Å². The molecule has 6 nitrogen and oxygen atoms in total. The first kappa shape index (κ1) is 16.6. The Kier molecular flexibility index (Phi) is 4.98. The van der Waals surface area contributed by atoms with Crippen LogP contribution < -0.4 is 9.47 Å². The minimum atomic E-state index is -2.96. The zero-order chi connectivity index (χ0) is 17.6. The fourth-order valence-corrected chi connectivity index (χ4v) is 2.12. The highest BCUT2D eigenvalue weighted by Gasteiger charge is 2.16. The molecule has 3 rings (SSSR count). The summed E-state index contributed by atoms with van der Waals surface area (Å²) < 4.78 is 39.9. The molecule has 0 bridgehead atoms. The molecule has 0 amide bonds. The van der Waals surface area contributed by atoms with Crippen LogP contribution >= 0.6 is 0 Å². The Hall–Kier alpha value is -3.29. The molecule has 8 heteroatoms. The molecule has 0 aliphatic carbocycles. The Morgan fingerprint density at radius 3 is 2.56 bits per heavy atom. The molecule has 0 spiro atoms. The van der Waals surface area contributed by atoms with Gasteiger partial charge in [-0.1, -0.05) is 29.4 Å². The quantitative estimate of drug-likeness (QED) is 0.607. The molecule has 0 saturated heterocycles. The maximum absolute atomic E-state index is 12.5. The van der Waals surface area contributed by atoms with Crippen LogP contribution in [0.15, 0.2) is 53.1 Å².